The van der Waals surface area contributed by atoms with Crippen molar-refractivity contribution in [3.8, 4) is 0 Å². The van der Waals surface area contributed by atoms with Gasteiger partial charge in [-0.3, -0.25) is 0 Å². The maximum Gasteiger partial charge on any atom is 0.0286 e. The van der Waals surface area contributed by atoms with Crippen molar-refractivity contribution in [3.63, 3.8) is 0 Å². The number of hydrogen-bond donors (Lipinski definition) is 0. The highest BCUT2D eigenvalue weighted by Crippen LogP contribution is 2.10. The third kappa shape index (κ3) is 6.72. The summed E-state index contributed by atoms with van der Waals surface area (Å²) in [5.41, 5.74) is 0. The summed E-state index contributed by atoms with van der Waals surface area (Å²) in [6, 6.07) is 0. The van der Waals surface area contributed by atoms with Gasteiger partial charge in [0.05, 0.1) is 0 Å². The Labute approximate surface area is 82.0 Å². The molecule has 0 radical (unpaired) electrons. The van der Waals surface area contributed by atoms with Crippen LogP contribution in [-0.4, -0.2) is 5.88 Å². The molecule has 0 nitrogen and oxygen atoms in total. The zero-order chi connectivity index (χ0) is 9.23. The van der Waals surface area contributed by atoms with Crippen molar-refractivity contribution < 1.29 is 0 Å². The van der Waals surface area contributed by atoms with Crippen LogP contribution in [-0.2, 0) is 0 Å². The van der Waals surface area contributed by atoms with Crippen LogP contribution >= 0.6 is 11.6 Å². The number of unbranched alkanes of at least 4 members (excludes halogenated alkanes) is 2. The molecular formula is C11H21Cl. The van der Waals surface area contributed by atoms with Gasteiger partial charge in [-0.05, 0) is 18.8 Å². The lowest BCUT2D eigenvalue weighted by molar-refractivity contribution is 0.636. The number of hydrogen-bond acceptors (Lipinski definition) is 0. The molecule has 1 heteroatoms. The Morgan fingerprint density at radius 1 is 1.25 bits per heavy atom. The minimum atomic E-state index is 0.605. The lowest BCUT2D eigenvalue weighted by atomic mass is 10.0. The Morgan fingerprint density at radius 2 is 2.00 bits per heavy atom. The molecule has 0 aliphatic rings. The fourth-order valence-corrected chi connectivity index (χ4v) is 1.46. The first-order chi connectivity index (χ1) is 5.85. The largest absolute Gasteiger partial charge is 0.126 e. The number of allylic oxidation sites excluding steroid dienone is 2. The van der Waals surface area contributed by atoms with E-state index >= 15 is 0 Å². The Bertz CT molecular complexity index is 108. The lowest BCUT2D eigenvalue weighted by Crippen LogP contribution is -1.96. The third-order valence-corrected chi connectivity index (χ3v) is 2.39. The summed E-state index contributed by atoms with van der Waals surface area (Å²) in [4.78, 5) is 0. The fraction of sp³-hybridized carbons (Fsp3) is 0.818. The monoisotopic (exact) mass is 188 g/mol. The van der Waals surface area contributed by atoms with Gasteiger partial charge in [-0.25, -0.2) is 0 Å². The molecular weight excluding hydrogens is 168 g/mol. The van der Waals surface area contributed by atoms with Crippen LogP contribution in [0.1, 0.15) is 46.0 Å². The first-order valence-electron chi connectivity index (χ1n) is 5.07. The number of alkyl halides is 1. The molecule has 0 aliphatic carbocycles. The SMILES string of the molecule is CCCCC=CC(CCl)CCC. The summed E-state index contributed by atoms with van der Waals surface area (Å²) in [6.07, 6.45) is 10.8. The summed E-state index contributed by atoms with van der Waals surface area (Å²) in [5, 5.41) is 0. The number of halogens is 1. The van der Waals surface area contributed by atoms with E-state index in [0.29, 0.717) is 5.92 Å². The molecule has 0 amide bonds. The van der Waals surface area contributed by atoms with Gasteiger partial charge in [0.15, 0.2) is 0 Å². The minimum absolute atomic E-state index is 0.605. The van der Waals surface area contributed by atoms with Gasteiger partial charge < -0.3 is 0 Å². The number of rotatable bonds is 7. The maximum absolute atomic E-state index is 5.81. The molecule has 1 atom stereocenters. The predicted molar refractivity (Wildman–Crippen MR) is 57.8 cm³/mol. The highest BCUT2D eigenvalue weighted by atomic mass is 35.5. The molecule has 0 aromatic carbocycles. The molecule has 0 aliphatic heterocycles. The molecule has 0 saturated heterocycles. The predicted octanol–water partition coefficient (Wildman–Crippen LogP) is 4.39. The van der Waals surface area contributed by atoms with Gasteiger partial charge in [0.1, 0.15) is 0 Å². The highest BCUT2D eigenvalue weighted by molar-refractivity contribution is 6.18. The van der Waals surface area contributed by atoms with E-state index in [9.17, 15) is 0 Å². The topological polar surface area (TPSA) is 0 Å². The van der Waals surface area contributed by atoms with E-state index in [4.69, 9.17) is 11.6 Å². The van der Waals surface area contributed by atoms with Crippen molar-refractivity contribution in [1.29, 1.82) is 0 Å². The van der Waals surface area contributed by atoms with Crippen LogP contribution in [0.5, 0.6) is 0 Å². The standard InChI is InChI=1S/C11H21Cl/c1-3-5-6-7-9-11(10-12)8-4-2/h7,9,11H,3-6,8,10H2,1-2H3. The van der Waals surface area contributed by atoms with E-state index in [-0.39, 0.29) is 0 Å². The molecule has 0 N–H and O–H groups in total. The average molecular weight is 189 g/mol. The summed E-state index contributed by atoms with van der Waals surface area (Å²) < 4.78 is 0. The molecule has 72 valence electrons. The van der Waals surface area contributed by atoms with Crippen LogP contribution in [0.4, 0.5) is 0 Å². The Kier molecular flexibility index (Phi) is 9.14. The van der Waals surface area contributed by atoms with Crippen LogP contribution < -0.4 is 0 Å². The molecule has 1 unspecified atom stereocenters. The Morgan fingerprint density at radius 3 is 2.50 bits per heavy atom. The van der Waals surface area contributed by atoms with Crippen molar-refractivity contribution >= 4 is 11.6 Å². The van der Waals surface area contributed by atoms with Gasteiger partial charge in [0, 0.05) is 5.88 Å². The molecule has 0 rings (SSSR count). The van der Waals surface area contributed by atoms with Gasteiger partial charge in [-0.1, -0.05) is 45.3 Å². The van der Waals surface area contributed by atoms with E-state index in [1.54, 1.807) is 0 Å². The van der Waals surface area contributed by atoms with Crippen molar-refractivity contribution in [2.24, 2.45) is 5.92 Å². The summed E-state index contributed by atoms with van der Waals surface area (Å²) in [7, 11) is 0. The lowest BCUT2D eigenvalue weighted by Gasteiger charge is -2.05. The van der Waals surface area contributed by atoms with E-state index in [2.05, 4.69) is 26.0 Å². The summed E-state index contributed by atoms with van der Waals surface area (Å²) in [5.74, 6) is 1.38. The first-order valence-corrected chi connectivity index (χ1v) is 5.61. The molecule has 0 heterocycles. The van der Waals surface area contributed by atoms with Gasteiger partial charge >= 0.3 is 0 Å². The maximum atomic E-state index is 5.81. The van der Waals surface area contributed by atoms with E-state index in [0.717, 1.165) is 5.88 Å². The zero-order valence-electron chi connectivity index (χ0n) is 8.35. The van der Waals surface area contributed by atoms with Crippen LogP contribution in [0.25, 0.3) is 0 Å². The molecule has 0 fully saturated rings. The second-order valence-corrected chi connectivity index (χ2v) is 3.58. The van der Waals surface area contributed by atoms with Crippen LogP contribution in [0, 0.1) is 5.92 Å². The molecule has 0 aromatic rings. The molecule has 0 bridgehead atoms. The second kappa shape index (κ2) is 9.12. The van der Waals surface area contributed by atoms with Crippen molar-refractivity contribution in [2.75, 3.05) is 5.88 Å². The van der Waals surface area contributed by atoms with Gasteiger partial charge in [-0.2, -0.15) is 0 Å². The smallest absolute Gasteiger partial charge is 0.0286 e. The zero-order valence-corrected chi connectivity index (χ0v) is 9.11. The first kappa shape index (κ1) is 12.0. The Hall–Kier alpha value is 0.0300. The summed E-state index contributed by atoms with van der Waals surface area (Å²) >= 11 is 5.81. The van der Waals surface area contributed by atoms with Crippen LogP contribution in [0.2, 0.25) is 0 Å². The van der Waals surface area contributed by atoms with Gasteiger partial charge in [0.25, 0.3) is 0 Å². The highest BCUT2D eigenvalue weighted by Gasteiger charge is 1.99. The van der Waals surface area contributed by atoms with E-state index in [1.165, 1.54) is 32.1 Å². The molecule has 12 heavy (non-hydrogen) atoms. The molecule has 0 aromatic heterocycles. The Balaban J connectivity index is 3.46. The van der Waals surface area contributed by atoms with Crippen LogP contribution in [0.15, 0.2) is 12.2 Å². The van der Waals surface area contributed by atoms with E-state index in [1.807, 2.05) is 0 Å². The minimum Gasteiger partial charge on any atom is -0.126 e. The van der Waals surface area contributed by atoms with Crippen molar-refractivity contribution in [2.45, 2.75) is 46.0 Å². The molecule has 0 saturated carbocycles. The van der Waals surface area contributed by atoms with Crippen LogP contribution in [0.3, 0.4) is 0 Å². The van der Waals surface area contributed by atoms with Crippen molar-refractivity contribution in [1.82, 2.24) is 0 Å². The van der Waals surface area contributed by atoms with E-state index < -0.39 is 0 Å². The van der Waals surface area contributed by atoms with Gasteiger partial charge in [0.2, 0.25) is 0 Å². The average Bonchev–Trinajstić information content (AvgIpc) is 2.10. The van der Waals surface area contributed by atoms with Gasteiger partial charge in [-0.15, -0.1) is 11.6 Å². The van der Waals surface area contributed by atoms with Crippen molar-refractivity contribution in [3.05, 3.63) is 12.2 Å². The summed E-state index contributed by atoms with van der Waals surface area (Å²) in [6.45, 7) is 4.43. The molecule has 0 spiro atoms. The normalized spacial score (nSPS) is 13.9. The fourth-order valence-electron chi connectivity index (χ4n) is 1.21. The second-order valence-electron chi connectivity index (χ2n) is 3.27. The third-order valence-electron chi connectivity index (χ3n) is 1.99. The quantitative estimate of drug-likeness (QED) is 0.316.